The van der Waals surface area contributed by atoms with Crippen LogP contribution in [-0.2, 0) is 49.9 Å². The molecule has 0 spiro atoms. The topological polar surface area (TPSA) is 142 Å². The Morgan fingerprint density at radius 2 is 0.864 bits per heavy atom. The molecule has 0 atom stereocenters. The Morgan fingerprint density at radius 3 is 1.16 bits per heavy atom. The van der Waals surface area contributed by atoms with Crippen molar-refractivity contribution in [2.75, 3.05) is 13.2 Å². The largest absolute Gasteiger partial charge is 0.543 e. The molecule has 1 saturated carbocycles. The summed E-state index contributed by atoms with van der Waals surface area (Å²) in [6.07, 6.45) is 0.545. The summed E-state index contributed by atoms with van der Waals surface area (Å²) in [7, 11) is 0. The molecule has 1 fully saturated rings. The lowest BCUT2D eigenvalue weighted by Crippen LogP contribution is -2.24. The van der Waals surface area contributed by atoms with Gasteiger partial charge in [-0.15, -0.1) is 0 Å². The molecule has 0 radical (unpaired) electrons. The summed E-state index contributed by atoms with van der Waals surface area (Å²) in [5.41, 5.74) is 2.42. The highest BCUT2D eigenvalue weighted by Gasteiger charge is 2.25. The minimum Gasteiger partial charge on any atom is -0.432 e. The van der Waals surface area contributed by atoms with Crippen LogP contribution in [0.2, 0.25) is 0 Å². The molecule has 0 unspecified atom stereocenters. The van der Waals surface area contributed by atoms with Crippen LogP contribution in [0.5, 0.6) is 0 Å². The fourth-order valence-corrected chi connectivity index (χ4v) is 4.44. The van der Waals surface area contributed by atoms with Crippen molar-refractivity contribution in [3.05, 3.63) is 70.8 Å². The van der Waals surface area contributed by atoms with Gasteiger partial charge in [0.25, 0.3) is 0 Å². The van der Waals surface area contributed by atoms with Crippen LogP contribution in [0.25, 0.3) is 0 Å². The average molecular weight is 617 g/mol. The first-order valence-corrected chi connectivity index (χ1v) is 14.4. The molecule has 12 heteroatoms. The van der Waals surface area contributed by atoms with E-state index in [1.54, 1.807) is 48.5 Å². The van der Waals surface area contributed by atoms with Gasteiger partial charge in [-0.1, -0.05) is 65.8 Å². The quantitative estimate of drug-likeness (QED) is 0.153. The van der Waals surface area contributed by atoms with Gasteiger partial charge in [-0.25, -0.2) is 29.0 Å². The van der Waals surface area contributed by atoms with Crippen LogP contribution in [-0.4, -0.2) is 37.5 Å². The maximum absolute atomic E-state index is 12.0. The molecule has 3 rings (SSSR count). The fraction of sp³-hybridized carbons (Fsp3) is 0.500. The Bertz CT molecular complexity index is 1150. The molecule has 1 aliphatic carbocycles. The molecule has 0 aromatic heterocycles. The second-order valence-corrected chi connectivity index (χ2v) is 12.7. The Hall–Kier alpha value is -4.16. The first kappa shape index (κ1) is 34.3. The summed E-state index contributed by atoms with van der Waals surface area (Å²) in [5, 5.41) is 8.55. The lowest BCUT2D eigenvalue weighted by molar-refractivity contribution is -0.452. The van der Waals surface area contributed by atoms with Crippen molar-refractivity contribution in [1.82, 2.24) is 0 Å². The van der Waals surface area contributed by atoms with Crippen LogP contribution in [0.1, 0.15) is 99.1 Å². The standard InChI is InChI=1S/C32H40O12/c1-31(2,3)25-15-11-23(12-16-25)27(33)39-43-41-29(35)37-19-21-7-9-22(10-8-21)20-38-30(36)42-44-40-28(34)24-13-17-26(18-14-24)32(4,5)6/h11-18,21-22H,7-10,19-20H2,1-6H3. The number of carbonyl (C=O) groups is 4. The second-order valence-electron chi connectivity index (χ2n) is 12.7. The highest BCUT2D eigenvalue weighted by molar-refractivity contribution is 5.89. The Morgan fingerprint density at radius 1 is 0.545 bits per heavy atom. The van der Waals surface area contributed by atoms with Gasteiger partial charge in [-0.05, 0) is 83.7 Å². The first-order chi connectivity index (χ1) is 20.7. The number of ether oxygens (including phenoxy) is 2. The molecule has 0 heterocycles. The second kappa shape index (κ2) is 15.5. The van der Waals surface area contributed by atoms with Crippen molar-refractivity contribution in [2.24, 2.45) is 11.8 Å². The van der Waals surface area contributed by atoms with Crippen molar-refractivity contribution < 1.29 is 58.3 Å². The Labute approximate surface area is 256 Å². The van der Waals surface area contributed by atoms with E-state index >= 15 is 0 Å². The summed E-state index contributed by atoms with van der Waals surface area (Å²) in [6.45, 7) is 12.5. The van der Waals surface area contributed by atoms with Crippen molar-refractivity contribution >= 4 is 24.2 Å². The third-order valence-electron chi connectivity index (χ3n) is 7.24. The summed E-state index contributed by atoms with van der Waals surface area (Å²) in [4.78, 5) is 65.4. The van der Waals surface area contributed by atoms with Gasteiger partial charge in [0.1, 0.15) is 0 Å². The van der Waals surface area contributed by atoms with E-state index in [9.17, 15) is 19.2 Å². The normalized spacial score (nSPS) is 16.8. The molecule has 0 aliphatic heterocycles. The maximum atomic E-state index is 12.0. The van der Waals surface area contributed by atoms with Crippen molar-refractivity contribution in [1.29, 1.82) is 0 Å². The van der Waals surface area contributed by atoms with Gasteiger partial charge < -0.3 is 9.47 Å². The van der Waals surface area contributed by atoms with E-state index in [0.717, 1.165) is 11.1 Å². The van der Waals surface area contributed by atoms with E-state index in [2.05, 4.69) is 71.2 Å². The van der Waals surface area contributed by atoms with Gasteiger partial charge in [-0.3, -0.25) is 9.78 Å². The van der Waals surface area contributed by atoms with Gasteiger partial charge in [0.15, 0.2) is 0 Å². The summed E-state index contributed by atoms with van der Waals surface area (Å²) >= 11 is 0. The lowest BCUT2D eigenvalue weighted by atomic mass is 9.83. The molecular formula is C32H40O12. The monoisotopic (exact) mass is 616 g/mol. The summed E-state index contributed by atoms with van der Waals surface area (Å²) < 4.78 is 10.1. The predicted molar refractivity (Wildman–Crippen MR) is 154 cm³/mol. The van der Waals surface area contributed by atoms with Crippen LogP contribution >= 0.6 is 0 Å². The van der Waals surface area contributed by atoms with E-state index < -0.39 is 24.2 Å². The number of benzene rings is 2. The SMILES string of the molecule is CC(C)(C)c1ccc(C(=O)OOOC(=O)OCC2CCC(COC(=O)OOOC(=O)c3ccc(C(C)(C)C)cc3)CC2)cc1. The average Bonchev–Trinajstić information content (AvgIpc) is 2.98. The highest BCUT2D eigenvalue weighted by Crippen LogP contribution is 2.29. The highest BCUT2D eigenvalue weighted by atomic mass is 17.5. The minimum absolute atomic E-state index is 0.0647. The third kappa shape index (κ3) is 11.2. The zero-order valence-corrected chi connectivity index (χ0v) is 25.9. The predicted octanol–water partition coefficient (Wildman–Crippen LogP) is 7.10. The Kier molecular flexibility index (Phi) is 12.1. The van der Waals surface area contributed by atoms with Crippen molar-refractivity contribution in [3.63, 3.8) is 0 Å². The van der Waals surface area contributed by atoms with Gasteiger partial charge in [0.2, 0.25) is 0 Å². The molecule has 1 aliphatic rings. The van der Waals surface area contributed by atoms with E-state index in [0.29, 0.717) is 25.7 Å². The van der Waals surface area contributed by atoms with E-state index in [1.807, 2.05) is 0 Å². The zero-order valence-electron chi connectivity index (χ0n) is 25.9. The molecule has 0 bridgehead atoms. The smallest absolute Gasteiger partial charge is 0.432 e. The maximum Gasteiger partial charge on any atom is 0.543 e. The first-order valence-electron chi connectivity index (χ1n) is 14.4. The fourth-order valence-electron chi connectivity index (χ4n) is 4.44. The summed E-state index contributed by atoms with van der Waals surface area (Å²) in [5.74, 6) is -1.51. The van der Waals surface area contributed by atoms with Crippen LogP contribution in [0.4, 0.5) is 9.59 Å². The number of hydrogen-bond acceptors (Lipinski definition) is 12. The van der Waals surface area contributed by atoms with Gasteiger partial charge in [0.05, 0.1) is 34.4 Å². The summed E-state index contributed by atoms with van der Waals surface area (Å²) in [6, 6.07) is 13.6. The molecule has 44 heavy (non-hydrogen) atoms. The third-order valence-corrected chi connectivity index (χ3v) is 7.24. The minimum atomic E-state index is -1.14. The number of rotatable bonds is 10. The Balaban J connectivity index is 1.23. The molecule has 2 aromatic carbocycles. The lowest BCUT2D eigenvalue weighted by Gasteiger charge is -2.27. The number of carbonyl (C=O) groups excluding carboxylic acids is 4. The van der Waals surface area contributed by atoms with E-state index in [-0.39, 0.29) is 47.0 Å². The van der Waals surface area contributed by atoms with Crippen molar-refractivity contribution in [2.45, 2.75) is 78.1 Å². The molecule has 0 saturated heterocycles. The molecule has 2 aromatic rings. The molecule has 12 nitrogen and oxygen atoms in total. The molecule has 0 N–H and O–H groups in total. The van der Waals surface area contributed by atoms with E-state index in [4.69, 9.17) is 9.47 Å². The molecular weight excluding hydrogens is 576 g/mol. The van der Waals surface area contributed by atoms with E-state index in [1.165, 1.54) is 0 Å². The van der Waals surface area contributed by atoms with Crippen LogP contribution in [0.15, 0.2) is 48.5 Å². The van der Waals surface area contributed by atoms with Gasteiger partial charge in [0, 0.05) is 0 Å². The van der Waals surface area contributed by atoms with Crippen molar-refractivity contribution in [3.8, 4) is 0 Å². The van der Waals surface area contributed by atoms with Gasteiger partial charge >= 0.3 is 24.2 Å². The molecule has 240 valence electrons. The van der Waals surface area contributed by atoms with Crippen LogP contribution in [0.3, 0.4) is 0 Å². The van der Waals surface area contributed by atoms with Crippen LogP contribution < -0.4 is 0 Å². The zero-order chi connectivity index (χ0) is 32.3. The molecule has 0 amide bonds. The van der Waals surface area contributed by atoms with Crippen LogP contribution in [0, 0.1) is 11.8 Å². The number of hydrogen-bond donors (Lipinski definition) is 0. The van der Waals surface area contributed by atoms with Gasteiger partial charge in [-0.2, -0.15) is 0 Å².